The van der Waals surface area contributed by atoms with Gasteiger partial charge in [0.05, 0.1) is 25.6 Å². The smallest absolute Gasteiger partial charge is 0.308 e. The summed E-state index contributed by atoms with van der Waals surface area (Å²) in [5.41, 5.74) is 0. The predicted octanol–water partition coefficient (Wildman–Crippen LogP) is 4.89. The summed E-state index contributed by atoms with van der Waals surface area (Å²) in [5.74, 6) is 0.358. The lowest BCUT2D eigenvalue weighted by molar-refractivity contribution is -0.223. The van der Waals surface area contributed by atoms with Gasteiger partial charge in [-0.25, -0.2) is 0 Å². The molecule has 2 rings (SSSR count). The molecule has 0 spiro atoms. The Morgan fingerprint density at radius 2 is 1.32 bits per heavy atom. The molecule has 0 saturated carbocycles. The number of piperidine rings is 2. The lowest BCUT2D eigenvalue weighted by atomic mass is 9.86. The summed E-state index contributed by atoms with van der Waals surface area (Å²) in [5, 5.41) is 0. The van der Waals surface area contributed by atoms with Crippen LogP contribution in [-0.4, -0.2) is 92.7 Å². The Kier molecular flexibility index (Phi) is 15.2. The van der Waals surface area contributed by atoms with Crippen LogP contribution >= 0.6 is 0 Å². The van der Waals surface area contributed by atoms with Gasteiger partial charge in [-0.1, -0.05) is 33.1 Å². The fourth-order valence-electron chi connectivity index (χ4n) is 5.35. The van der Waals surface area contributed by atoms with E-state index >= 15 is 0 Å². The van der Waals surface area contributed by atoms with Crippen LogP contribution in [0.15, 0.2) is 0 Å². The molecule has 2 fully saturated rings. The van der Waals surface area contributed by atoms with Gasteiger partial charge in [0.25, 0.3) is 0 Å². The van der Waals surface area contributed by atoms with Crippen molar-refractivity contribution in [3.05, 3.63) is 0 Å². The van der Waals surface area contributed by atoms with E-state index in [4.69, 9.17) is 18.9 Å². The van der Waals surface area contributed by atoms with E-state index in [1.54, 1.807) is 27.7 Å². The monoisotopic (exact) mass is 540 g/mol. The Labute approximate surface area is 232 Å². The molecule has 0 unspecified atom stereocenters. The van der Waals surface area contributed by atoms with Crippen LogP contribution in [-0.2, 0) is 28.5 Å². The Morgan fingerprint density at radius 3 is 1.84 bits per heavy atom. The first-order valence-electron chi connectivity index (χ1n) is 15.1. The van der Waals surface area contributed by atoms with Gasteiger partial charge in [0, 0.05) is 12.6 Å². The largest absolute Gasteiger partial charge is 0.463 e. The summed E-state index contributed by atoms with van der Waals surface area (Å²) in [4.78, 5) is 28.6. The van der Waals surface area contributed by atoms with Gasteiger partial charge in [-0.3, -0.25) is 9.59 Å². The van der Waals surface area contributed by atoms with Crippen molar-refractivity contribution in [2.75, 3.05) is 59.2 Å². The molecule has 222 valence electrons. The number of esters is 2. The van der Waals surface area contributed by atoms with Gasteiger partial charge >= 0.3 is 11.9 Å². The van der Waals surface area contributed by atoms with Crippen molar-refractivity contribution in [1.29, 1.82) is 0 Å². The topological polar surface area (TPSA) is 77.5 Å². The predicted molar refractivity (Wildman–Crippen MR) is 150 cm³/mol. The Bertz CT molecular complexity index is 668. The molecule has 0 N–H and O–H groups in total. The van der Waals surface area contributed by atoms with E-state index in [2.05, 4.69) is 23.6 Å². The third kappa shape index (κ3) is 13.7. The van der Waals surface area contributed by atoms with E-state index in [0.29, 0.717) is 12.5 Å². The van der Waals surface area contributed by atoms with Gasteiger partial charge < -0.3 is 28.7 Å². The maximum absolute atomic E-state index is 12.2. The molecule has 0 amide bonds. The number of carbonyl (C=O) groups is 2. The second kappa shape index (κ2) is 17.5. The van der Waals surface area contributed by atoms with Crippen LogP contribution in [0.25, 0.3) is 0 Å². The lowest BCUT2D eigenvalue weighted by Gasteiger charge is -2.35. The maximum Gasteiger partial charge on any atom is 0.308 e. The van der Waals surface area contributed by atoms with Crippen molar-refractivity contribution in [3.8, 4) is 0 Å². The van der Waals surface area contributed by atoms with Crippen LogP contribution in [0.5, 0.6) is 0 Å². The van der Waals surface area contributed by atoms with Gasteiger partial charge in [-0.05, 0) is 91.4 Å². The lowest BCUT2D eigenvalue weighted by Crippen LogP contribution is -2.38. The van der Waals surface area contributed by atoms with E-state index in [1.807, 2.05) is 0 Å². The Hall–Kier alpha value is -1.22. The van der Waals surface area contributed by atoms with E-state index in [9.17, 15) is 9.59 Å². The molecule has 2 aliphatic rings. The van der Waals surface area contributed by atoms with Gasteiger partial charge in [0.15, 0.2) is 5.79 Å². The minimum atomic E-state index is -0.841. The number of hydrogen-bond acceptors (Lipinski definition) is 8. The maximum atomic E-state index is 12.2. The molecule has 8 heteroatoms. The molecule has 0 aromatic heterocycles. The Morgan fingerprint density at radius 1 is 0.789 bits per heavy atom. The highest BCUT2D eigenvalue weighted by molar-refractivity contribution is 5.71. The standard InChI is InChI=1S/C30H56N2O6/c1-24(2)29(34)36-21-23-38-30(5,6)37-22-20-35-28(33)14-17-31-15-10-26(11-16-31)8-7-9-27-12-18-32(19-13-27)25(3)4/h24-27H,7-23H2,1-6H3. The molecule has 2 heterocycles. The number of likely N-dealkylation sites (tertiary alicyclic amines) is 2. The zero-order valence-electron chi connectivity index (χ0n) is 25.2. The molecule has 0 atom stereocenters. The molecule has 0 aliphatic carbocycles. The van der Waals surface area contributed by atoms with Crippen LogP contribution in [0.2, 0.25) is 0 Å². The number of nitrogens with zero attached hydrogens (tertiary/aromatic N) is 2. The average molecular weight is 541 g/mol. The van der Waals surface area contributed by atoms with E-state index in [1.165, 1.54) is 58.0 Å². The minimum Gasteiger partial charge on any atom is -0.463 e. The summed E-state index contributed by atoms with van der Waals surface area (Å²) >= 11 is 0. The van der Waals surface area contributed by atoms with Crippen molar-refractivity contribution in [2.45, 2.75) is 105 Å². The molecule has 0 aromatic carbocycles. The highest BCUT2D eigenvalue weighted by Crippen LogP contribution is 2.27. The number of rotatable bonds is 17. The summed E-state index contributed by atoms with van der Waals surface area (Å²) < 4.78 is 21.7. The molecule has 0 aromatic rings. The Balaban J connectivity index is 1.45. The van der Waals surface area contributed by atoms with E-state index < -0.39 is 5.79 Å². The zero-order chi connectivity index (χ0) is 28.0. The molecule has 8 nitrogen and oxygen atoms in total. The van der Waals surface area contributed by atoms with Crippen molar-refractivity contribution >= 4 is 11.9 Å². The van der Waals surface area contributed by atoms with Crippen LogP contribution in [0.4, 0.5) is 0 Å². The second-order valence-corrected chi connectivity index (χ2v) is 12.2. The first-order chi connectivity index (χ1) is 18.1. The number of carbonyl (C=O) groups excluding carboxylic acids is 2. The zero-order valence-corrected chi connectivity index (χ0v) is 25.2. The summed E-state index contributed by atoms with van der Waals surface area (Å²) in [7, 11) is 0. The van der Waals surface area contributed by atoms with Gasteiger partial charge in [-0.15, -0.1) is 0 Å². The molecular weight excluding hydrogens is 484 g/mol. The summed E-state index contributed by atoms with van der Waals surface area (Å²) in [6.45, 7) is 18.2. The van der Waals surface area contributed by atoms with E-state index in [-0.39, 0.29) is 44.3 Å². The molecular formula is C30H56N2O6. The summed E-state index contributed by atoms with van der Waals surface area (Å²) in [6, 6.07) is 0.690. The van der Waals surface area contributed by atoms with Crippen molar-refractivity contribution in [2.24, 2.45) is 17.8 Å². The van der Waals surface area contributed by atoms with Gasteiger partial charge in [0.2, 0.25) is 0 Å². The van der Waals surface area contributed by atoms with Crippen molar-refractivity contribution in [1.82, 2.24) is 9.80 Å². The third-order valence-electron chi connectivity index (χ3n) is 7.99. The van der Waals surface area contributed by atoms with Crippen molar-refractivity contribution < 1.29 is 28.5 Å². The van der Waals surface area contributed by atoms with Gasteiger partial charge in [0.1, 0.15) is 13.2 Å². The molecule has 0 radical (unpaired) electrons. The van der Waals surface area contributed by atoms with Crippen LogP contribution in [0.3, 0.4) is 0 Å². The highest BCUT2D eigenvalue weighted by Gasteiger charge is 2.23. The van der Waals surface area contributed by atoms with Crippen LogP contribution in [0, 0.1) is 17.8 Å². The summed E-state index contributed by atoms with van der Waals surface area (Å²) in [6.07, 6.45) is 9.81. The number of ether oxygens (including phenoxy) is 4. The van der Waals surface area contributed by atoms with Crippen LogP contribution in [0.1, 0.15) is 92.9 Å². The average Bonchev–Trinajstić information content (AvgIpc) is 2.88. The fraction of sp³-hybridized carbons (Fsp3) is 0.933. The molecule has 2 aliphatic heterocycles. The first kappa shape index (κ1) is 33.0. The molecule has 38 heavy (non-hydrogen) atoms. The van der Waals surface area contributed by atoms with Gasteiger partial charge in [-0.2, -0.15) is 0 Å². The normalized spacial score (nSPS) is 18.8. The molecule has 2 saturated heterocycles. The van der Waals surface area contributed by atoms with E-state index in [0.717, 1.165) is 31.5 Å². The third-order valence-corrected chi connectivity index (χ3v) is 7.99. The van der Waals surface area contributed by atoms with Crippen LogP contribution < -0.4 is 0 Å². The fourth-order valence-corrected chi connectivity index (χ4v) is 5.35. The van der Waals surface area contributed by atoms with Crippen molar-refractivity contribution in [3.63, 3.8) is 0 Å². The SMILES string of the molecule is CC(C)C(=O)OCCOC(C)(C)OCCOC(=O)CCN1CCC(CCCC2CCN(C(C)C)CC2)CC1. The highest BCUT2D eigenvalue weighted by atomic mass is 16.7. The number of hydrogen-bond donors (Lipinski definition) is 0. The second-order valence-electron chi connectivity index (χ2n) is 12.2. The molecule has 0 bridgehead atoms. The quantitative estimate of drug-likeness (QED) is 0.147. The first-order valence-corrected chi connectivity index (χ1v) is 15.1. The minimum absolute atomic E-state index is 0.154.